The molecule has 0 radical (unpaired) electrons. The Balaban J connectivity index is 1.86. The summed E-state index contributed by atoms with van der Waals surface area (Å²) in [6.45, 7) is 2.35. The van der Waals surface area contributed by atoms with Gasteiger partial charge in [-0.05, 0) is 32.1 Å². The molecule has 340 valence electrons. The Kier molecular flexibility index (Phi) is 28.7. The molecule has 2 aliphatic rings. The largest absolute Gasteiger partial charge is 0.462 e. The van der Waals surface area contributed by atoms with Gasteiger partial charge in [-0.2, -0.15) is 0 Å². The van der Waals surface area contributed by atoms with E-state index in [0.717, 1.165) is 64.2 Å². The molecule has 0 spiro atoms. The molecule has 0 amide bonds. The molecule has 2 heterocycles. The Morgan fingerprint density at radius 3 is 1.68 bits per heavy atom. The van der Waals surface area contributed by atoms with Crippen LogP contribution in [0, 0.1) is 0 Å². The first kappa shape index (κ1) is 52.6. The number of ether oxygens (including phenoxy) is 6. The first-order valence-electron chi connectivity index (χ1n) is 21.8. The molecule has 0 aromatic rings. The van der Waals surface area contributed by atoms with E-state index in [1.165, 1.54) is 19.3 Å². The van der Waals surface area contributed by atoms with Crippen LogP contribution >= 0.6 is 0 Å². The molecular formula is C44H74O15. The van der Waals surface area contributed by atoms with Crippen molar-refractivity contribution >= 4 is 11.9 Å². The summed E-state index contributed by atoms with van der Waals surface area (Å²) >= 11 is 0. The second-order valence-corrected chi connectivity index (χ2v) is 15.2. The van der Waals surface area contributed by atoms with Crippen molar-refractivity contribution in [1.29, 1.82) is 0 Å². The highest BCUT2D eigenvalue weighted by molar-refractivity contribution is 5.70. The van der Waals surface area contributed by atoms with Gasteiger partial charge >= 0.3 is 11.9 Å². The monoisotopic (exact) mass is 843 g/mol. The van der Waals surface area contributed by atoms with Gasteiger partial charge < -0.3 is 64.2 Å². The van der Waals surface area contributed by atoms with E-state index in [0.29, 0.717) is 12.8 Å². The number of unbranched alkanes of at least 4 members (excludes halogenated alkanes) is 12. The van der Waals surface area contributed by atoms with Crippen LogP contribution in [0.15, 0.2) is 48.6 Å². The van der Waals surface area contributed by atoms with Crippen molar-refractivity contribution in [1.82, 2.24) is 0 Å². The summed E-state index contributed by atoms with van der Waals surface area (Å²) in [5, 5.41) is 71.7. The minimum atomic E-state index is -1.77. The summed E-state index contributed by atoms with van der Waals surface area (Å²) in [5.74, 6) is -0.962. The van der Waals surface area contributed by atoms with Crippen LogP contribution in [0.1, 0.15) is 123 Å². The highest BCUT2D eigenvalue weighted by Gasteiger charge is 2.47. The van der Waals surface area contributed by atoms with Crippen molar-refractivity contribution in [2.45, 2.75) is 191 Å². The smallest absolute Gasteiger partial charge is 0.306 e. The number of esters is 2. The van der Waals surface area contributed by atoms with Gasteiger partial charge in [-0.15, -0.1) is 0 Å². The Morgan fingerprint density at radius 1 is 0.559 bits per heavy atom. The van der Waals surface area contributed by atoms with Gasteiger partial charge in [0.15, 0.2) is 18.7 Å². The molecule has 0 aromatic carbocycles. The lowest BCUT2D eigenvalue weighted by Gasteiger charge is -2.42. The molecule has 15 nitrogen and oxygen atoms in total. The van der Waals surface area contributed by atoms with Crippen LogP contribution < -0.4 is 0 Å². The number of aliphatic hydroxyl groups excluding tert-OH is 7. The average molecular weight is 843 g/mol. The maximum atomic E-state index is 12.8. The second kappa shape index (κ2) is 32.2. The Labute approximate surface area is 350 Å². The number of rotatable bonds is 31. The zero-order chi connectivity index (χ0) is 43.3. The Hall–Kier alpha value is -2.54. The van der Waals surface area contributed by atoms with Gasteiger partial charge in [0.25, 0.3) is 0 Å². The Bertz CT molecular complexity index is 1220. The molecule has 4 unspecified atom stereocenters. The molecule has 7 N–H and O–H groups in total. The van der Waals surface area contributed by atoms with E-state index in [9.17, 15) is 45.3 Å². The standard InChI is InChI=1S/C44H74O15/c1-3-5-7-9-11-13-14-15-16-17-18-19-21-22-24-26-35(46)54-29-32(57-36(47)27-25-23-20-12-10-8-6-4-2)30-55-43-42(53)40(51)38(49)34(59-43)31-56-44-41(52)39(50)37(48)33(28-45)58-44/h5,7,9,11,13-16,32-34,37-45,48-53H,3-4,6,8,10,12,17-31H2,1-2H3/b7-5+,11-9+,14-13+,16-15+/t32-,33-,34-,37+,38+,39?,40?,41?,42?,43-,44-/m1/s1. The van der Waals surface area contributed by atoms with Crippen molar-refractivity contribution in [3.63, 3.8) is 0 Å². The van der Waals surface area contributed by atoms with Gasteiger partial charge in [-0.25, -0.2) is 0 Å². The lowest BCUT2D eigenvalue weighted by molar-refractivity contribution is -0.332. The van der Waals surface area contributed by atoms with Crippen LogP contribution in [0.3, 0.4) is 0 Å². The normalized spacial score (nSPS) is 28.3. The summed E-state index contributed by atoms with van der Waals surface area (Å²) < 4.78 is 33.3. The van der Waals surface area contributed by atoms with Crippen LogP contribution in [-0.2, 0) is 38.0 Å². The summed E-state index contributed by atoms with van der Waals surface area (Å²) in [4.78, 5) is 25.5. The number of hydrogen-bond acceptors (Lipinski definition) is 15. The number of allylic oxidation sites excluding steroid dienone is 8. The van der Waals surface area contributed by atoms with Gasteiger partial charge in [0.2, 0.25) is 0 Å². The third-order valence-corrected chi connectivity index (χ3v) is 10.2. The zero-order valence-electron chi connectivity index (χ0n) is 35.2. The van der Waals surface area contributed by atoms with Crippen molar-refractivity contribution < 1.29 is 73.8 Å². The summed E-state index contributed by atoms with van der Waals surface area (Å²) in [5.41, 5.74) is 0. The third-order valence-electron chi connectivity index (χ3n) is 10.2. The molecule has 15 heteroatoms. The van der Waals surface area contributed by atoms with Crippen molar-refractivity contribution in [3.05, 3.63) is 48.6 Å². The number of hydrogen-bond donors (Lipinski definition) is 7. The van der Waals surface area contributed by atoms with Crippen LogP contribution in [0.2, 0.25) is 0 Å². The molecule has 59 heavy (non-hydrogen) atoms. The van der Waals surface area contributed by atoms with E-state index >= 15 is 0 Å². The van der Waals surface area contributed by atoms with E-state index in [1.807, 2.05) is 36.5 Å². The Morgan fingerprint density at radius 2 is 1.07 bits per heavy atom. The predicted octanol–water partition coefficient (Wildman–Crippen LogP) is 3.98. The third kappa shape index (κ3) is 21.7. The van der Waals surface area contributed by atoms with Crippen LogP contribution in [0.5, 0.6) is 0 Å². The fraction of sp³-hybridized carbons (Fsp3) is 0.773. The highest BCUT2D eigenvalue weighted by Crippen LogP contribution is 2.26. The molecule has 0 aromatic heterocycles. The molecule has 0 saturated carbocycles. The molecule has 11 atom stereocenters. The maximum absolute atomic E-state index is 12.8. The van der Waals surface area contributed by atoms with Crippen LogP contribution in [0.25, 0.3) is 0 Å². The lowest BCUT2D eigenvalue weighted by Crippen LogP contribution is -2.61. The predicted molar refractivity (Wildman–Crippen MR) is 220 cm³/mol. The summed E-state index contributed by atoms with van der Waals surface area (Å²) in [6.07, 6.45) is 14.6. The topological polar surface area (TPSA) is 231 Å². The van der Waals surface area contributed by atoms with Crippen molar-refractivity contribution in [2.75, 3.05) is 26.4 Å². The number of aliphatic hydroxyl groups is 7. The van der Waals surface area contributed by atoms with E-state index in [1.54, 1.807) is 0 Å². The van der Waals surface area contributed by atoms with Gasteiger partial charge in [-0.3, -0.25) is 9.59 Å². The first-order chi connectivity index (χ1) is 28.5. The minimum absolute atomic E-state index is 0.158. The van der Waals surface area contributed by atoms with E-state index < -0.39 is 99.3 Å². The van der Waals surface area contributed by atoms with Crippen molar-refractivity contribution in [2.24, 2.45) is 0 Å². The molecular weight excluding hydrogens is 768 g/mol. The van der Waals surface area contributed by atoms with Crippen LogP contribution in [0.4, 0.5) is 0 Å². The van der Waals surface area contributed by atoms with E-state index in [-0.39, 0.29) is 19.4 Å². The average Bonchev–Trinajstić information content (AvgIpc) is 3.23. The number of carbonyl (C=O) groups is 2. The quantitative estimate of drug-likeness (QED) is 0.0297. The SMILES string of the molecule is CC/C=C/C=C/C=C/C=C/CCCCCCCC(=O)OC[C@H](CO[C@@H]1O[C@H](CO[C@@H]2O[C@H](CO)[C@H](O)C(O)C2O)[C@H](O)C(O)C1O)OC(=O)CCCCCCCCCC. The molecule has 2 saturated heterocycles. The first-order valence-corrected chi connectivity index (χ1v) is 21.8. The van der Waals surface area contributed by atoms with Gasteiger partial charge in [0, 0.05) is 12.8 Å². The van der Waals surface area contributed by atoms with Gasteiger partial charge in [-0.1, -0.05) is 127 Å². The zero-order valence-corrected chi connectivity index (χ0v) is 35.2. The second-order valence-electron chi connectivity index (χ2n) is 15.2. The molecule has 0 bridgehead atoms. The summed E-state index contributed by atoms with van der Waals surface area (Å²) in [7, 11) is 0. The molecule has 0 aliphatic carbocycles. The fourth-order valence-corrected chi connectivity index (χ4v) is 6.52. The van der Waals surface area contributed by atoms with Gasteiger partial charge in [0.1, 0.15) is 55.4 Å². The highest BCUT2D eigenvalue weighted by atomic mass is 16.7. The van der Waals surface area contributed by atoms with Crippen molar-refractivity contribution in [3.8, 4) is 0 Å². The maximum Gasteiger partial charge on any atom is 0.306 e. The lowest BCUT2D eigenvalue weighted by atomic mass is 9.98. The van der Waals surface area contributed by atoms with E-state index in [4.69, 9.17) is 28.4 Å². The minimum Gasteiger partial charge on any atom is -0.462 e. The van der Waals surface area contributed by atoms with E-state index in [2.05, 4.69) is 26.0 Å². The van der Waals surface area contributed by atoms with Gasteiger partial charge in [0.05, 0.1) is 19.8 Å². The van der Waals surface area contributed by atoms with Crippen LogP contribution in [-0.4, -0.2) is 142 Å². The fourth-order valence-electron chi connectivity index (χ4n) is 6.52. The molecule has 2 fully saturated rings. The molecule has 2 rings (SSSR count). The molecule has 2 aliphatic heterocycles. The summed E-state index contributed by atoms with van der Waals surface area (Å²) in [6, 6.07) is 0. The number of carbonyl (C=O) groups excluding carboxylic acids is 2.